The van der Waals surface area contributed by atoms with Crippen molar-refractivity contribution in [3.63, 3.8) is 0 Å². The molecule has 1 nitrogen and oxygen atoms in total. The first kappa shape index (κ1) is 16.3. The Morgan fingerprint density at radius 3 is 2.70 bits per heavy atom. The van der Waals surface area contributed by atoms with Crippen LogP contribution >= 0.6 is 27.5 Å². The van der Waals surface area contributed by atoms with Crippen LogP contribution in [0.25, 0.3) is 0 Å². The summed E-state index contributed by atoms with van der Waals surface area (Å²) in [5, 5.41) is 4.52. The van der Waals surface area contributed by atoms with E-state index in [-0.39, 0.29) is 0 Å². The summed E-state index contributed by atoms with van der Waals surface area (Å²) < 4.78 is 1.14. The zero-order valence-electron chi connectivity index (χ0n) is 12.5. The van der Waals surface area contributed by atoms with Crippen molar-refractivity contribution in [2.75, 3.05) is 6.54 Å². The van der Waals surface area contributed by atoms with E-state index in [9.17, 15) is 0 Å². The Bertz CT molecular complexity index is 435. The molecule has 2 rings (SSSR count). The molecule has 3 unspecified atom stereocenters. The van der Waals surface area contributed by atoms with E-state index in [2.05, 4.69) is 41.2 Å². The molecule has 1 saturated carbocycles. The van der Waals surface area contributed by atoms with Crippen LogP contribution in [0.15, 0.2) is 22.7 Å². The van der Waals surface area contributed by atoms with Crippen LogP contribution in [-0.4, -0.2) is 6.54 Å². The Kier molecular flexibility index (Phi) is 6.38. The molecule has 3 heteroatoms. The molecule has 0 spiro atoms. The molecule has 0 amide bonds. The fourth-order valence-electron chi connectivity index (χ4n) is 3.65. The molecule has 0 heterocycles. The minimum absolute atomic E-state index is 0.442. The minimum atomic E-state index is 0.442. The first-order valence-corrected chi connectivity index (χ1v) is 9.02. The molecule has 0 saturated heterocycles. The van der Waals surface area contributed by atoms with E-state index in [1.54, 1.807) is 0 Å². The molecule has 112 valence electrons. The summed E-state index contributed by atoms with van der Waals surface area (Å²) in [7, 11) is 0. The highest BCUT2D eigenvalue weighted by molar-refractivity contribution is 9.10. The van der Waals surface area contributed by atoms with Gasteiger partial charge in [0.2, 0.25) is 0 Å². The Morgan fingerprint density at radius 1 is 1.30 bits per heavy atom. The van der Waals surface area contributed by atoms with Crippen LogP contribution < -0.4 is 5.32 Å². The zero-order chi connectivity index (χ0) is 14.5. The molecular formula is C17H25BrClN. The van der Waals surface area contributed by atoms with Gasteiger partial charge in [-0.2, -0.15) is 0 Å². The summed E-state index contributed by atoms with van der Waals surface area (Å²) in [4.78, 5) is 0. The van der Waals surface area contributed by atoms with Gasteiger partial charge < -0.3 is 5.32 Å². The van der Waals surface area contributed by atoms with E-state index in [1.165, 1.54) is 37.7 Å². The molecule has 0 bridgehead atoms. The average Bonchev–Trinajstić information content (AvgIpc) is 2.45. The largest absolute Gasteiger partial charge is 0.310 e. The smallest absolute Gasteiger partial charge is 0.0417 e. The second-order valence-electron chi connectivity index (χ2n) is 5.82. The maximum Gasteiger partial charge on any atom is 0.0417 e. The van der Waals surface area contributed by atoms with Gasteiger partial charge in [0.15, 0.2) is 0 Å². The highest BCUT2D eigenvalue weighted by atomic mass is 79.9. The fourth-order valence-corrected chi connectivity index (χ4v) is 4.58. The van der Waals surface area contributed by atoms with Crippen molar-refractivity contribution in [1.29, 1.82) is 0 Å². The number of benzene rings is 1. The fraction of sp³-hybridized carbons (Fsp3) is 0.647. The Morgan fingerprint density at radius 2 is 2.05 bits per heavy atom. The molecule has 1 aliphatic carbocycles. The highest BCUT2D eigenvalue weighted by Crippen LogP contribution is 2.42. The molecule has 1 aromatic carbocycles. The zero-order valence-corrected chi connectivity index (χ0v) is 14.8. The van der Waals surface area contributed by atoms with Crippen molar-refractivity contribution in [3.8, 4) is 0 Å². The summed E-state index contributed by atoms with van der Waals surface area (Å²) in [6.07, 6.45) is 6.78. The standard InChI is InChI=1S/C17H25BrClN/c1-3-12-7-5-6-8-14(12)17(20-4-2)15-10-9-13(19)11-16(15)18/h9-12,14,17,20H,3-8H2,1-2H3. The number of hydrogen-bond donors (Lipinski definition) is 1. The monoisotopic (exact) mass is 357 g/mol. The quantitative estimate of drug-likeness (QED) is 0.683. The normalized spacial score (nSPS) is 24.6. The topological polar surface area (TPSA) is 12.0 Å². The van der Waals surface area contributed by atoms with E-state index in [0.29, 0.717) is 6.04 Å². The molecule has 1 aliphatic rings. The van der Waals surface area contributed by atoms with Gasteiger partial charge in [0.1, 0.15) is 0 Å². The predicted octanol–water partition coefficient (Wildman–Crippen LogP) is 5.97. The average molecular weight is 359 g/mol. The predicted molar refractivity (Wildman–Crippen MR) is 91.3 cm³/mol. The first-order valence-electron chi connectivity index (χ1n) is 7.85. The van der Waals surface area contributed by atoms with Gasteiger partial charge in [-0.05, 0) is 42.5 Å². The maximum absolute atomic E-state index is 6.09. The van der Waals surface area contributed by atoms with E-state index in [0.717, 1.165) is 27.9 Å². The van der Waals surface area contributed by atoms with Crippen molar-refractivity contribution in [1.82, 2.24) is 5.32 Å². The maximum atomic E-state index is 6.09. The van der Waals surface area contributed by atoms with E-state index in [4.69, 9.17) is 11.6 Å². The molecule has 20 heavy (non-hydrogen) atoms. The van der Waals surface area contributed by atoms with Gasteiger partial charge in [-0.1, -0.05) is 73.1 Å². The Labute approximate surface area is 136 Å². The number of nitrogens with one attached hydrogen (secondary N) is 1. The molecule has 3 atom stereocenters. The highest BCUT2D eigenvalue weighted by Gasteiger charge is 2.32. The van der Waals surface area contributed by atoms with E-state index < -0.39 is 0 Å². The molecule has 0 aromatic heterocycles. The second kappa shape index (κ2) is 7.82. The van der Waals surface area contributed by atoms with Crippen LogP contribution in [-0.2, 0) is 0 Å². The lowest BCUT2D eigenvalue weighted by Gasteiger charge is -2.38. The number of halogens is 2. The van der Waals surface area contributed by atoms with Gasteiger partial charge in [0.25, 0.3) is 0 Å². The Hall–Kier alpha value is -0.0500. The second-order valence-corrected chi connectivity index (χ2v) is 7.11. The number of rotatable bonds is 5. The van der Waals surface area contributed by atoms with E-state index in [1.807, 2.05) is 12.1 Å². The molecule has 1 fully saturated rings. The molecule has 1 aromatic rings. The lowest BCUT2D eigenvalue weighted by Crippen LogP contribution is -2.34. The summed E-state index contributed by atoms with van der Waals surface area (Å²) >= 11 is 9.79. The van der Waals surface area contributed by atoms with Crippen LogP contribution in [0, 0.1) is 11.8 Å². The van der Waals surface area contributed by atoms with Crippen molar-refractivity contribution < 1.29 is 0 Å². The van der Waals surface area contributed by atoms with Crippen LogP contribution in [0.5, 0.6) is 0 Å². The lowest BCUT2D eigenvalue weighted by molar-refractivity contribution is 0.176. The SMILES string of the molecule is CCNC(c1ccc(Cl)cc1Br)C1CCCCC1CC. The summed E-state index contributed by atoms with van der Waals surface area (Å²) in [5.74, 6) is 1.58. The van der Waals surface area contributed by atoms with Crippen LogP contribution in [0.4, 0.5) is 0 Å². The molecule has 1 N–H and O–H groups in total. The Balaban J connectivity index is 2.29. The minimum Gasteiger partial charge on any atom is -0.310 e. The van der Waals surface area contributed by atoms with Gasteiger partial charge >= 0.3 is 0 Å². The van der Waals surface area contributed by atoms with Crippen molar-refractivity contribution in [2.45, 2.75) is 52.0 Å². The third-order valence-corrected chi connectivity index (χ3v) is 5.56. The van der Waals surface area contributed by atoms with Gasteiger partial charge in [-0.25, -0.2) is 0 Å². The summed E-state index contributed by atoms with van der Waals surface area (Å²) in [5.41, 5.74) is 1.36. The molecular weight excluding hydrogens is 334 g/mol. The van der Waals surface area contributed by atoms with Gasteiger partial charge in [-0.3, -0.25) is 0 Å². The van der Waals surface area contributed by atoms with Crippen molar-refractivity contribution in [2.24, 2.45) is 11.8 Å². The summed E-state index contributed by atoms with van der Waals surface area (Å²) in [6.45, 7) is 5.54. The van der Waals surface area contributed by atoms with Crippen LogP contribution in [0.1, 0.15) is 57.6 Å². The van der Waals surface area contributed by atoms with Gasteiger partial charge in [0.05, 0.1) is 0 Å². The van der Waals surface area contributed by atoms with E-state index >= 15 is 0 Å². The molecule has 0 radical (unpaired) electrons. The van der Waals surface area contributed by atoms with Gasteiger partial charge in [-0.15, -0.1) is 0 Å². The molecule has 0 aliphatic heterocycles. The van der Waals surface area contributed by atoms with Crippen LogP contribution in [0.3, 0.4) is 0 Å². The van der Waals surface area contributed by atoms with Crippen molar-refractivity contribution in [3.05, 3.63) is 33.3 Å². The first-order chi connectivity index (χ1) is 9.67. The third kappa shape index (κ3) is 3.78. The van der Waals surface area contributed by atoms with Crippen LogP contribution in [0.2, 0.25) is 5.02 Å². The third-order valence-electron chi connectivity index (χ3n) is 4.64. The summed E-state index contributed by atoms with van der Waals surface area (Å²) in [6, 6.07) is 6.65. The van der Waals surface area contributed by atoms with Crippen molar-refractivity contribution >= 4 is 27.5 Å². The van der Waals surface area contributed by atoms with Gasteiger partial charge in [0, 0.05) is 15.5 Å². The number of hydrogen-bond acceptors (Lipinski definition) is 1. The lowest BCUT2D eigenvalue weighted by atomic mass is 9.72.